The molecular weight excluding hydrogens is 218 g/mol. The summed E-state index contributed by atoms with van der Waals surface area (Å²) in [6.07, 6.45) is 4.51. The number of nitrogen functional groups attached to an aromatic ring is 1. The Morgan fingerprint density at radius 3 is 2.75 bits per heavy atom. The molecule has 0 saturated carbocycles. The van der Waals surface area contributed by atoms with E-state index >= 15 is 0 Å². The van der Waals surface area contributed by atoms with Gasteiger partial charge in [0.1, 0.15) is 5.82 Å². The van der Waals surface area contributed by atoms with Crippen LogP contribution in [0.1, 0.15) is 24.1 Å². The van der Waals surface area contributed by atoms with Gasteiger partial charge in [-0.1, -0.05) is 0 Å². The van der Waals surface area contributed by atoms with E-state index in [1.54, 1.807) is 0 Å². The van der Waals surface area contributed by atoms with Crippen molar-refractivity contribution in [1.82, 2.24) is 9.97 Å². The maximum Gasteiger partial charge on any atom is 0.198 e. The number of anilines is 1. The Hall–Kier alpha value is -0.640. The van der Waals surface area contributed by atoms with Crippen molar-refractivity contribution in [3.63, 3.8) is 0 Å². The Bertz CT molecular complexity index is 311. The van der Waals surface area contributed by atoms with Crippen molar-refractivity contribution in [2.24, 2.45) is 0 Å². The molecule has 0 radical (unpaired) electrons. The molecule has 2 rings (SSSR count). The van der Waals surface area contributed by atoms with E-state index in [-0.39, 0.29) is 0 Å². The molecule has 0 amide bonds. The molecule has 0 bridgehead atoms. The second kappa shape index (κ2) is 3.01. The van der Waals surface area contributed by atoms with Crippen LogP contribution in [-0.2, 0) is 12.8 Å². The number of nitrogens with two attached hydrogens (primary N) is 1. The quantitative estimate of drug-likeness (QED) is 0.687. The summed E-state index contributed by atoms with van der Waals surface area (Å²) in [7, 11) is 0. The SMILES string of the molecule is Nc1nc(Br)nc2c1CCCC2. The minimum Gasteiger partial charge on any atom is -0.383 e. The smallest absolute Gasteiger partial charge is 0.198 e. The van der Waals surface area contributed by atoms with E-state index in [0.717, 1.165) is 24.1 Å². The number of aryl methyl sites for hydroxylation is 1. The molecular formula is C8H10BrN3. The van der Waals surface area contributed by atoms with E-state index in [4.69, 9.17) is 5.73 Å². The molecule has 2 N–H and O–H groups in total. The molecule has 0 atom stereocenters. The molecule has 0 aromatic carbocycles. The number of hydrogen-bond donors (Lipinski definition) is 1. The van der Waals surface area contributed by atoms with Gasteiger partial charge in [-0.05, 0) is 41.6 Å². The second-order valence-electron chi connectivity index (χ2n) is 3.01. The van der Waals surface area contributed by atoms with Gasteiger partial charge in [-0.3, -0.25) is 0 Å². The minimum absolute atomic E-state index is 0.612. The van der Waals surface area contributed by atoms with Crippen molar-refractivity contribution in [3.05, 3.63) is 16.0 Å². The van der Waals surface area contributed by atoms with Crippen LogP contribution in [0.5, 0.6) is 0 Å². The van der Waals surface area contributed by atoms with Crippen molar-refractivity contribution in [2.45, 2.75) is 25.7 Å². The van der Waals surface area contributed by atoms with Crippen LogP contribution >= 0.6 is 15.9 Å². The number of rotatable bonds is 0. The zero-order valence-corrected chi connectivity index (χ0v) is 8.26. The zero-order valence-electron chi connectivity index (χ0n) is 6.68. The van der Waals surface area contributed by atoms with Gasteiger partial charge >= 0.3 is 0 Å². The van der Waals surface area contributed by atoms with Gasteiger partial charge in [0, 0.05) is 5.56 Å². The molecule has 1 heterocycles. The van der Waals surface area contributed by atoms with Crippen molar-refractivity contribution in [2.75, 3.05) is 5.73 Å². The van der Waals surface area contributed by atoms with E-state index in [0.29, 0.717) is 10.6 Å². The number of fused-ring (bicyclic) bond motifs is 1. The highest BCUT2D eigenvalue weighted by atomic mass is 79.9. The summed E-state index contributed by atoms with van der Waals surface area (Å²) in [5.74, 6) is 0.645. The van der Waals surface area contributed by atoms with E-state index in [2.05, 4.69) is 25.9 Å². The fraction of sp³-hybridized carbons (Fsp3) is 0.500. The fourth-order valence-corrected chi connectivity index (χ4v) is 2.00. The van der Waals surface area contributed by atoms with Crippen molar-refractivity contribution >= 4 is 21.7 Å². The van der Waals surface area contributed by atoms with E-state index < -0.39 is 0 Å². The molecule has 1 aliphatic carbocycles. The van der Waals surface area contributed by atoms with Crippen LogP contribution in [0.2, 0.25) is 0 Å². The molecule has 0 unspecified atom stereocenters. The third-order valence-electron chi connectivity index (χ3n) is 2.19. The lowest BCUT2D eigenvalue weighted by atomic mass is 9.97. The lowest BCUT2D eigenvalue weighted by Gasteiger charge is -2.15. The number of halogens is 1. The first kappa shape index (κ1) is 7.98. The Labute approximate surface area is 79.5 Å². The zero-order chi connectivity index (χ0) is 8.55. The second-order valence-corrected chi connectivity index (χ2v) is 3.72. The molecule has 4 heteroatoms. The van der Waals surface area contributed by atoms with Gasteiger partial charge in [-0.15, -0.1) is 0 Å². The van der Waals surface area contributed by atoms with Crippen molar-refractivity contribution in [1.29, 1.82) is 0 Å². The van der Waals surface area contributed by atoms with Crippen LogP contribution in [0, 0.1) is 0 Å². The van der Waals surface area contributed by atoms with Crippen molar-refractivity contribution < 1.29 is 0 Å². The summed E-state index contributed by atoms with van der Waals surface area (Å²) in [6, 6.07) is 0. The third-order valence-corrected chi connectivity index (χ3v) is 2.54. The van der Waals surface area contributed by atoms with E-state index in [1.807, 2.05) is 0 Å². The van der Waals surface area contributed by atoms with Crippen LogP contribution < -0.4 is 5.73 Å². The molecule has 0 fully saturated rings. The first-order chi connectivity index (χ1) is 5.77. The molecule has 12 heavy (non-hydrogen) atoms. The Morgan fingerprint density at radius 1 is 1.17 bits per heavy atom. The van der Waals surface area contributed by atoms with E-state index in [1.165, 1.54) is 12.8 Å². The van der Waals surface area contributed by atoms with Gasteiger partial charge in [-0.25, -0.2) is 9.97 Å². The first-order valence-electron chi connectivity index (χ1n) is 4.08. The predicted octanol–water partition coefficient (Wildman–Crippen LogP) is 1.70. The number of aromatic nitrogens is 2. The fourth-order valence-electron chi connectivity index (χ4n) is 1.59. The highest BCUT2D eigenvalue weighted by Crippen LogP contribution is 2.24. The van der Waals surface area contributed by atoms with Gasteiger partial charge < -0.3 is 5.73 Å². The Kier molecular flexibility index (Phi) is 2.00. The average molecular weight is 228 g/mol. The summed E-state index contributed by atoms with van der Waals surface area (Å²) >= 11 is 3.24. The van der Waals surface area contributed by atoms with Gasteiger partial charge in [-0.2, -0.15) is 0 Å². The molecule has 0 spiro atoms. The highest BCUT2D eigenvalue weighted by molar-refractivity contribution is 9.10. The molecule has 0 aliphatic heterocycles. The lowest BCUT2D eigenvalue weighted by molar-refractivity contribution is 0.662. The van der Waals surface area contributed by atoms with Gasteiger partial charge in [0.15, 0.2) is 4.73 Å². The minimum atomic E-state index is 0.612. The summed E-state index contributed by atoms with van der Waals surface area (Å²) in [6.45, 7) is 0. The molecule has 1 aromatic rings. The maximum absolute atomic E-state index is 5.76. The van der Waals surface area contributed by atoms with Crippen molar-refractivity contribution in [3.8, 4) is 0 Å². The predicted molar refractivity (Wildman–Crippen MR) is 50.8 cm³/mol. The van der Waals surface area contributed by atoms with E-state index in [9.17, 15) is 0 Å². The van der Waals surface area contributed by atoms with Gasteiger partial charge in [0.25, 0.3) is 0 Å². The summed E-state index contributed by atoms with van der Waals surface area (Å²) in [5.41, 5.74) is 8.04. The summed E-state index contributed by atoms with van der Waals surface area (Å²) < 4.78 is 0.612. The normalized spacial score (nSPS) is 15.8. The maximum atomic E-state index is 5.76. The third kappa shape index (κ3) is 1.31. The van der Waals surface area contributed by atoms with Gasteiger partial charge in [0.2, 0.25) is 0 Å². The number of nitrogens with zero attached hydrogens (tertiary/aromatic N) is 2. The first-order valence-corrected chi connectivity index (χ1v) is 4.87. The van der Waals surface area contributed by atoms with Crippen LogP contribution in [0.25, 0.3) is 0 Å². The summed E-state index contributed by atoms with van der Waals surface area (Å²) in [5, 5.41) is 0. The largest absolute Gasteiger partial charge is 0.383 e. The van der Waals surface area contributed by atoms with Gasteiger partial charge in [0.05, 0.1) is 5.69 Å². The molecule has 3 nitrogen and oxygen atoms in total. The summed E-state index contributed by atoms with van der Waals surface area (Å²) in [4.78, 5) is 8.37. The monoisotopic (exact) mass is 227 g/mol. The van der Waals surface area contributed by atoms with Crippen LogP contribution in [0.4, 0.5) is 5.82 Å². The number of hydrogen-bond acceptors (Lipinski definition) is 3. The average Bonchev–Trinajstić information content (AvgIpc) is 2.04. The topological polar surface area (TPSA) is 51.8 Å². The highest BCUT2D eigenvalue weighted by Gasteiger charge is 2.14. The molecule has 64 valence electrons. The van der Waals surface area contributed by atoms with Crippen LogP contribution in [0.15, 0.2) is 4.73 Å². The standard InChI is InChI=1S/C8H10BrN3/c9-8-11-6-4-2-1-3-5(6)7(10)12-8/h1-4H2,(H2,10,11,12). The Balaban J connectivity index is 2.53. The lowest BCUT2D eigenvalue weighted by Crippen LogP contribution is -2.10. The molecule has 1 aromatic heterocycles. The van der Waals surface area contributed by atoms with Crippen LogP contribution in [-0.4, -0.2) is 9.97 Å². The van der Waals surface area contributed by atoms with Crippen LogP contribution in [0.3, 0.4) is 0 Å². The molecule has 0 saturated heterocycles. The Morgan fingerprint density at radius 2 is 1.92 bits per heavy atom. The molecule has 1 aliphatic rings.